The van der Waals surface area contributed by atoms with Crippen LogP contribution < -0.4 is 0 Å². The van der Waals surface area contributed by atoms with Crippen molar-refractivity contribution in [3.8, 4) is 11.3 Å². The van der Waals surface area contributed by atoms with Gasteiger partial charge >= 0.3 is 0 Å². The second-order valence-corrected chi connectivity index (χ2v) is 6.07. The van der Waals surface area contributed by atoms with E-state index in [1.165, 1.54) is 5.56 Å². The molecule has 1 aromatic carbocycles. The second-order valence-electron chi connectivity index (χ2n) is 5.15. The van der Waals surface area contributed by atoms with Crippen molar-refractivity contribution in [3.63, 3.8) is 0 Å². The molecule has 21 heavy (non-hydrogen) atoms. The summed E-state index contributed by atoms with van der Waals surface area (Å²) in [4.78, 5) is 4.73. The number of hydrogen-bond donors (Lipinski definition) is 1. The van der Waals surface area contributed by atoms with Crippen molar-refractivity contribution in [2.24, 2.45) is 0 Å². The maximum absolute atomic E-state index is 9.77. The lowest BCUT2D eigenvalue weighted by molar-refractivity contribution is 0.276. The van der Waals surface area contributed by atoms with E-state index in [9.17, 15) is 5.11 Å². The van der Waals surface area contributed by atoms with E-state index in [1.54, 1.807) is 0 Å². The monoisotopic (exact) mass is 344 g/mol. The maximum Gasteiger partial charge on any atom is 0.140 e. The fraction of sp³-hybridized carbons (Fsp3) is 0.235. The van der Waals surface area contributed by atoms with Gasteiger partial charge in [0.15, 0.2) is 0 Å². The van der Waals surface area contributed by atoms with Gasteiger partial charge in [0.25, 0.3) is 0 Å². The number of hydrogen-bond acceptors (Lipinski definition) is 2. The number of benzene rings is 1. The zero-order valence-corrected chi connectivity index (χ0v) is 13.7. The van der Waals surface area contributed by atoms with Crippen LogP contribution in [0.5, 0.6) is 0 Å². The first kappa shape index (κ1) is 14.3. The van der Waals surface area contributed by atoms with Crippen molar-refractivity contribution in [3.05, 3.63) is 57.8 Å². The number of halogens is 1. The number of fused-ring (bicyclic) bond motifs is 1. The standard InChI is InChI=1S/C17H17BrN2O/c1-3-12-4-6-13(7-5-12)16-15(10-21)20-9-14(18)8-11(2)17(20)19-16/h4-9,21H,3,10H2,1-2H3. The summed E-state index contributed by atoms with van der Waals surface area (Å²) in [7, 11) is 0. The Morgan fingerprint density at radius 3 is 2.57 bits per heavy atom. The van der Waals surface area contributed by atoms with E-state index in [-0.39, 0.29) is 6.61 Å². The number of aliphatic hydroxyl groups is 1. The number of aromatic nitrogens is 2. The fourth-order valence-corrected chi connectivity index (χ4v) is 3.14. The summed E-state index contributed by atoms with van der Waals surface area (Å²) < 4.78 is 2.94. The molecule has 4 heteroatoms. The minimum absolute atomic E-state index is 0.0398. The molecule has 108 valence electrons. The molecule has 0 saturated carbocycles. The first-order chi connectivity index (χ1) is 10.1. The Labute approximate surface area is 132 Å². The van der Waals surface area contributed by atoms with Crippen LogP contribution in [-0.2, 0) is 13.0 Å². The maximum atomic E-state index is 9.77. The molecule has 1 N–H and O–H groups in total. The lowest BCUT2D eigenvalue weighted by Crippen LogP contribution is -1.95. The smallest absolute Gasteiger partial charge is 0.140 e. The number of aliphatic hydroxyl groups excluding tert-OH is 1. The molecule has 0 spiro atoms. The third-order valence-corrected chi connectivity index (χ3v) is 4.19. The zero-order valence-electron chi connectivity index (χ0n) is 12.1. The molecule has 2 aromatic heterocycles. The van der Waals surface area contributed by atoms with Gasteiger partial charge in [-0.1, -0.05) is 31.2 Å². The van der Waals surface area contributed by atoms with E-state index in [0.717, 1.165) is 39.1 Å². The van der Waals surface area contributed by atoms with Gasteiger partial charge in [-0.3, -0.25) is 4.40 Å². The molecule has 0 bridgehead atoms. The first-order valence-corrected chi connectivity index (χ1v) is 7.80. The van der Waals surface area contributed by atoms with Crippen LogP contribution in [-0.4, -0.2) is 14.5 Å². The van der Waals surface area contributed by atoms with Crippen LogP contribution in [0.2, 0.25) is 0 Å². The highest BCUT2D eigenvalue weighted by molar-refractivity contribution is 9.10. The molecule has 0 atom stereocenters. The molecule has 3 aromatic rings. The third-order valence-electron chi connectivity index (χ3n) is 3.75. The number of pyridine rings is 1. The van der Waals surface area contributed by atoms with E-state index < -0.39 is 0 Å². The molecule has 0 aliphatic rings. The summed E-state index contributed by atoms with van der Waals surface area (Å²) in [5, 5.41) is 9.77. The molecular weight excluding hydrogens is 328 g/mol. The molecule has 3 rings (SSSR count). The topological polar surface area (TPSA) is 37.5 Å². The van der Waals surface area contributed by atoms with Gasteiger partial charge in [-0.25, -0.2) is 4.98 Å². The molecule has 3 nitrogen and oxygen atoms in total. The lowest BCUT2D eigenvalue weighted by Gasteiger charge is -2.04. The Kier molecular flexibility index (Phi) is 3.83. The Morgan fingerprint density at radius 2 is 1.95 bits per heavy atom. The van der Waals surface area contributed by atoms with Gasteiger partial charge in [0.2, 0.25) is 0 Å². The summed E-state index contributed by atoms with van der Waals surface area (Å²) in [6, 6.07) is 10.4. The predicted molar refractivity (Wildman–Crippen MR) is 88.4 cm³/mol. The van der Waals surface area contributed by atoms with Crippen molar-refractivity contribution in [2.75, 3.05) is 0 Å². The van der Waals surface area contributed by atoms with Crippen molar-refractivity contribution in [1.82, 2.24) is 9.38 Å². The van der Waals surface area contributed by atoms with Gasteiger partial charge in [0, 0.05) is 16.2 Å². The molecule has 0 fully saturated rings. The van der Waals surface area contributed by atoms with Crippen molar-refractivity contribution in [1.29, 1.82) is 0 Å². The molecular formula is C17H17BrN2O. The van der Waals surface area contributed by atoms with Crippen LogP contribution >= 0.6 is 15.9 Å². The molecule has 0 aliphatic carbocycles. The molecule has 0 amide bonds. The predicted octanol–water partition coefficient (Wildman–Crippen LogP) is 4.13. The van der Waals surface area contributed by atoms with E-state index in [2.05, 4.69) is 47.1 Å². The Morgan fingerprint density at radius 1 is 1.24 bits per heavy atom. The van der Waals surface area contributed by atoms with E-state index in [0.29, 0.717) is 0 Å². The number of imidazole rings is 1. The van der Waals surface area contributed by atoms with Crippen LogP contribution in [0.1, 0.15) is 23.7 Å². The van der Waals surface area contributed by atoms with Gasteiger partial charge in [0.05, 0.1) is 18.0 Å². The number of aryl methyl sites for hydroxylation is 2. The van der Waals surface area contributed by atoms with Crippen LogP contribution in [0.3, 0.4) is 0 Å². The highest BCUT2D eigenvalue weighted by atomic mass is 79.9. The van der Waals surface area contributed by atoms with E-state index >= 15 is 0 Å². The highest BCUT2D eigenvalue weighted by Gasteiger charge is 2.15. The normalized spacial score (nSPS) is 11.2. The molecule has 0 radical (unpaired) electrons. The fourth-order valence-electron chi connectivity index (χ4n) is 2.60. The quantitative estimate of drug-likeness (QED) is 0.775. The summed E-state index contributed by atoms with van der Waals surface area (Å²) in [5.74, 6) is 0. The minimum atomic E-state index is -0.0398. The third kappa shape index (κ3) is 2.49. The Balaban J connectivity index is 2.24. The number of nitrogens with zero attached hydrogens (tertiary/aromatic N) is 2. The Hall–Kier alpha value is -1.65. The second kappa shape index (κ2) is 5.62. The van der Waals surface area contributed by atoms with E-state index in [4.69, 9.17) is 4.98 Å². The van der Waals surface area contributed by atoms with Gasteiger partial charge in [-0.2, -0.15) is 0 Å². The molecule has 0 unspecified atom stereocenters. The minimum Gasteiger partial charge on any atom is -0.390 e. The lowest BCUT2D eigenvalue weighted by atomic mass is 10.1. The summed E-state index contributed by atoms with van der Waals surface area (Å²) in [6.07, 6.45) is 2.97. The molecule has 0 aliphatic heterocycles. The van der Waals surface area contributed by atoms with Crippen LogP contribution in [0.4, 0.5) is 0 Å². The Bertz CT molecular complexity index is 791. The van der Waals surface area contributed by atoms with Gasteiger partial charge < -0.3 is 5.11 Å². The SMILES string of the molecule is CCc1ccc(-c2nc3c(C)cc(Br)cn3c2CO)cc1. The van der Waals surface area contributed by atoms with E-state index in [1.807, 2.05) is 23.6 Å². The van der Waals surface area contributed by atoms with Crippen LogP contribution in [0.15, 0.2) is 41.0 Å². The summed E-state index contributed by atoms with van der Waals surface area (Å²) in [6.45, 7) is 4.13. The van der Waals surface area contributed by atoms with Crippen LogP contribution in [0, 0.1) is 6.92 Å². The highest BCUT2D eigenvalue weighted by Crippen LogP contribution is 2.28. The largest absolute Gasteiger partial charge is 0.390 e. The van der Waals surface area contributed by atoms with Gasteiger partial charge in [-0.05, 0) is 46.5 Å². The molecule has 0 saturated heterocycles. The van der Waals surface area contributed by atoms with Gasteiger partial charge in [0.1, 0.15) is 5.65 Å². The van der Waals surface area contributed by atoms with Crippen molar-refractivity contribution >= 4 is 21.6 Å². The molecule has 2 heterocycles. The average molecular weight is 345 g/mol. The van der Waals surface area contributed by atoms with Crippen molar-refractivity contribution < 1.29 is 5.11 Å². The van der Waals surface area contributed by atoms with Gasteiger partial charge in [-0.15, -0.1) is 0 Å². The summed E-state index contributed by atoms with van der Waals surface area (Å²) in [5.41, 5.74) is 5.97. The average Bonchev–Trinajstić information content (AvgIpc) is 2.86. The zero-order chi connectivity index (χ0) is 15.0. The number of rotatable bonds is 3. The first-order valence-electron chi connectivity index (χ1n) is 7.01. The van der Waals surface area contributed by atoms with Crippen LogP contribution in [0.25, 0.3) is 16.9 Å². The summed E-state index contributed by atoms with van der Waals surface area (Å²) >= 11 is 3.50. The van der Waals surface area contributed by atoms with Crippen molar-refractivity contribution in [2.45, 2.75) is 26.9 Å².